The van der Waals surface area contributed by atoms with E-state index >= 15 is 0 Å². The van der Waals surface area contributed by atoms with Gasteiger partial charge in [-0.3, -0.25) is 0 Å². The fourth-order valence-corrected chi connectivity index (χ4v) is 4.32. The van der Waals surface area contributed by atoms with Crippen molar-refractivity contribution in [2.75, 3.05) is 7.11 Å². The Labute approximate surface area is 181 Å². The second-order valence-electron chi connectivity index (χ2n) is 8.39. The Hall–Kier alpha value is -2.55. The van der Waals surface area contributed by atoms with Crippen LogP contribution in [0.2, 0.25) is 0 Å². The van der Waals surface area contributed by atoms with Crippen molar-refractivity contribution in [3.05, 3.63) is 60.2 Å². The quantitative estimate of drug-likeness (QED) is 0.254. The lowest BCUT2D eigenvalue weighted by atomic mass is 9.78. The lowest BCUT2D eigenvalue weighted by Crippen LogP contribution is -2.14. The number of hydrogen-bond acceptors (Lipinski definition) is 3. The lowest BCUT2D eigenvalue weighted by molar-refractivity contribution is 0.121. The average Bonchev–Trinajstić information content (AvgIpc) is 2.80. The molecule has 3 rings (SSSR count). The first kappa shape index (κ1) is 22.1. The highest BCUT2D eigenvalue weighted by Crippen LogP contribution is 2.36. The van der Waals surface area contributed by atoms with Gasteiger partial charge in [-0.15, -0.1) is 0 Å². The van der Waals surface area contributed by atoms with E-state index in [-0.39, 0.29) is 0 Å². The first-order valence-electron chi connectivity index (χ1n) is 11.3. The summed E-state index contributed by atoms with van der Waals surface area (Å²) < 4.78 is 9.55. The summed E-state index contributed by atoms with van der Waals surface area (Å²) >= 11 is 0. The summed E-state index contributed by atoms with van der Waals surface area (Å²) in [5, 5.41) is 0. The van der Waals surface area contributed by atoms with Gasteiger partial charge in [0.05, 0.1) is 7.11 Å². The largest absolute Gasteiger partial charge is 0.513 e. The van der Waals surface area contributed by atoms with Crippen LogP contribution in [0.1, 0.15) is 64.4 Å². The normalized spacial score (nSPS) is 17.2. The van der Waals surface area contributed by atoms with Crippen LogP contribution in [-0.4, -0.2) is 13.3 Å². The molecular weight excluding hydrogens is 372 g/mol. The van der Waals surface area contributed by atoms with Crippen LogP contribution in [0.25, 0.3) is 16.7 Å². The summed E-state index contributed by atoms with van der Waals surface area (Å²) in [5.41, 5.74) is 5.07. The van der Waals surface area contributed by atoms with Crippen molar-refractivity contribution >= 4 is 11.7 Å². The Kier molecular flexibility index (Phi) is 8.12. The third kappa shape index (κ3) is 5.98. The van der Waals surface area contributed by atoms with Crippen molar-refractivity contribution in [2.45, 2.75) is 58.8 Å². The van der Waals surface area contributed by atoms with Crippen LogP contribution < -0.4 is 4.74 Å². The van der Waals surface area contributed by atoms with Gasteiger partial charge >= 0.3 is 6.16 Å². The number of carbonyl (C=O) groups excluding carboxylic acids is 1. The molecule has 0 N–H and O–H groups in total. The Morgan fingerprint density at radius 3 is 2.20 bits per heavy atom. The fourth-order valence-electron chi connectivity index (χ4n) is 4.32. The van der Waals surface area contributed by atoms with E-state index in [0.29, 0.717) is 5.75 Å². The molecule has 2 aromatic carbocycles. The Morgan fingerprint density at radius 2 is 1.63 bits per heavy atom. The molecule has 0 spiro atoms. The van der Waals surface area contributed by atoms with E-state index < -0.39 is 6.16 Å². The number of hydrogen-bond donors (Lipinski definition) is 0. The Bertz CT molecular complexity index is 833. The van der Waals surface area contributed by atoms with Crippen LogP contribution in [-0.2, 0) is 4.74 Å². The summed E-state index contributed by atoms with van der Waals surface area (Å²) in [4.78, 5) is 11.2. The van der Waals surface area contributed by atoms with Gasteiger partial charge in [-0.2, -0.15) is 0 Å². The summed E-state index contributed by atoms with van der Waals surface area (Å²) in [6, 6.07) is 16.3. The molecule has 160 valence electrons. The van der Waals surface area contributed by atoms with Gasteiger partial charge in [0.1, 0.15) is 5.75 Å². The first-order valence-corrected chi connectivity index (χ1v) is 11.3. The second-order valence-corrected chi connectivity index (χ2v) is 8.39. The zero-order valence-electron chi connectivity index (χ0n) is 18.5. The van der Waals surface area contributed by atoms with Gasteiger partial charge in [-0.25, -0.2) is 4.79 Å². The van der Waals surface area contributed by atoms with Gasteiger partial charge in [-0.05, 0) is 65.5 Å². The molecule has 3 heteroatoms. The smallest absolute Gasteiger partial charge is 0.437 e. The van der Waals surface area contributed by atoms with Gasteiger partial charge < -0.3 is 9.47 Å². The summed E-state index contributed by atoms with van der Waals surface area (Å²) in [6.07, 6.45) is 10.9. The molecule has 0 amide bonds. The highest BCUT2D eigenvalue weighted by molar-refractivity contribution is 5.71. The highest BCUT2D eigenvalue weighted by atomic mass is 16.7. The molecular formula is C27H34O3. The maximum Gasteiger partial charge on any atom is 0.513 e. The van der Waals surface area contributed by atoms with Crippen molar-refractivity contribution in [3.8, 4) is 16.9 Å². The average molecular weight is 407 g/mol. The Morgan fingerprint density at radius 1 is 1.00 bits per heavy atom. The molecule has 0 saturated carbocycles. The number of ether oxygens (including phenoxy) is 2. The van der Waals surface area contributed by atoms with E-state index in [2.05, 4.69) is 48.9 Å². The van der Waals surface area contributed by atoms with E-state index in [1.165, 1.54) is 63.2 Å². The van der Waals surface area contributed by atoms with Gasteiger partial charge in [0, 0.05) is 0 Å². The molecule has 1 aliphatic rings. The monoisotopic (exact) mass is 406 g/mol. The van der Waals surface area contributed by atoms with Crippen LogP contribution in [0.15, 0.2) is 54.6 Å². The van der Waals surface area contributed by atoms with Gasteiger partial charge in [0.2, 0.25) is 0 Å². The molecule has 1 aliphatic carbocycles. The highest BCUT2D eigenvalue weighted by Gasteiger charge is 2.20. The van der Waals surface area contributed by atoms with Crippen LogP contribution in [0.5, 0.6) is 5.75 Å². The third-order valence-electron chi connectivity index (χ3n) is 6.33. The number of methoxy groups -OCH3 is 1. The molecule has 2 atom stereocenters. The maximum atomic E-state index is 11.2. The topological polar surface area (TPSA) is 35.5 Å². The molecule has 0 heterocycles. The summed E-state index contributed by atoms with van der Waals surface area (Å²) in [5.74, 6) is 2.16. The molecule has 0 bridgehead atoms. The van der Waals surface area contributed by atoms with E-state index in [4.69, 9.17) is 4.74 Å². The van der Waals surface area contributed by atoms with Crippen LogP contribution in [0.4, 0.5) is 4.79 Å². The van der Waals surface area contributed by atoms with Crippen LogP contribution >= 0.6 is 0 Å². The fraction of sp³-hybridized carbons (Fsp3) is 0.444. The Balaban J connectivity index is 1.59. The zero-order chi connectivity index (χ0) is 21.3. The molecule has 3 nitrogen and oxygen atoms in total. The van der Waals surface area contributed by atoms with Gasteiger partial charge in [-0.1, -0.05) is 82.0 Å². The van der Waals surface area contributed by atoms with Crippen LogP contribution in [0, 0.1) is 11.8 Å². The minimum Gasteiger partial charge on any atom is -0.437 e. The predicted octanol–water partition coefficient (Wildman–Crippen LogP) is 7.90. The van der Waals surface area contributed by atoms with Crippen molar-refractivity contribution in [3.63, 3.8) is 0 Å². The maximum absolute atomic E-state index is 11.2. The van der Waals surface area contributed by atoms with Gasteiger partial charge in [0.25, 0.3) is 0 Å². The first-order chi connectivity index (χ1) is 14.6. The predicted molar refractivity (Wildman–Crippen MR) is 124 cm³/mol. The lowest BCUT2D eigenvalue weighted by Gasteiger charge is -2.27. The number of unbranched alkanes of at least 4 members (excludes halogenated alkanes) is 2. The van der Waals surface area contributed by atoms with Crippen molar-refractivity contribution in [1.82, 2.24) is 0 Å². The van der Waals surface area contributed by atoms with E-state index in [0.717, 1.165) is 23.0 Å². The minimum absolute atomic E-state index is 0.480. The van der Waals surface area contributed by atoms with E-state index in [1.54, 1.807) is 12.1 Å². The molecule has 2 unspecified atom stereocenters. The van der Waals surface area contributed by atoms with Crippen molar-refractivity contribution < 1.29 is 14.3 Å². The van der Waals surface area contributed by atoms with Crippen LogP contribution in [0.3, 0.4) is 0 Å². The third-order valence-corrected chi connectivity index (χ3v) is 6.33. The molecule has 0 saturated heterocycles. The second kappa shape index (κ2) is 11.0. The minimum atomic E-state index is -0.703. The SMILES string of the molecule is CCCCCC(C)C1CC=C(c2ccc(-c3ccc(OC(=O)OC)cc3)cc2)CC1. The van der Waals surface area contributed by atoms with Crippen molar-refractivity contribution in [2.24, 2.45) is 11.8 Å². The zero-order valence-corrected chi connectivity index (χ0v) is 18.5. The number of rotatable bonds is 8. The molecule has 2 aromatic rings. The molecule has 0 radical (unpaired) electrons. The number of carbonyl (C=O) groups is 1. The van der Waals surface area contributed by atoms with Crippen molar-refractivity contribution in [1.29, 1.82) is 0 Å². The molecule has 0 fully saturated rings. The number of benzene rings is 2. The van der Waals surface area contributed by atoms with E-state index in [9.17, 15) is 4.79 Å². The standard InChI is InChI=1S/C27H34O3/c1-4-5-6-7-20(2)21-8-10-22(11-9-21)23-12-14-24(15-13-23)25-16-18-26(19-17-25)30-27(28)29-3/h10,12-21H,4-9,11H2,1-3H3. The molecule has 0 aromatic heterocycles. The summed E-state index contributed by atoms with van der Waals surface area (Å²) in [6.45, 7) is 4.72. The number of allylic oxidation sites excluding steroid dienone is 2. The molecule has 30 heavy (non-hydrogen) atoms. The van der Waals surface area contributed by atoms with E-state index in [1.807, 2.05) is 12.1 Å². The summed E-state index contributed by atoms with van der Waals surface area (Å²) in [7, 11) is 1.30. The van der Waals surface area contributed by atoms with Gasteiger partial charge in [0.15, 0.2) is 0 Å². The molecule has 0 aliphatic heterocycles.